The number of carbonyl (C=O) groups is 1. The molecular weight excluding hydrogens is 366 g/mol. The van der Waals surface area contributed by atoms with Crippen LogP contribution >= 0.6 is 0 Å². The highest BCUT2D eigenvalue weighted by Crippen LogP contribution is 2.34. The topological polar surface area (TPSA) is 80.2 Å². The van der Waals surface area contributed by atoms with Crippen LogP contribution in [0, 0.1) is 0 Å². The highest BCUT2D eigenvalue weighted by atomic mass is 16.5. The Labute approximate surface area is 171 Å². The van der Waals surface area contributed by atoms with E-state index < -0.39 is 0 Å². The van der Waals surface area contributed by atoms with Crippen LogP contribution in [0.5, 0.6) is 0 Å². The number of hydrogen-bond donors (Lipinski definition) is 1. The van der Waals surface area contributed by atoms with E-state index in [0.717, 1.165) is 42.6 Å². The molecular formula is C22H29N5O2. The van der Waals surface area contributed by atoms with Gasteiger partial charge in [-0.05, 0) is 37.8 Å². The number of methoxy groups -OCH3 is 1. The van der Waals surface area contributed by atoms with Crippen molar-refractivity contribution in [2.45, 2.75) is 64.0 Å². The van der Waals surface area contributed by atoms with Crippen molar-refractivity contribution in [1.82, 2.24) is 15.0 Å². The molecule has 2 aromatic rings. The van der Waals surface area contributed by atoms with E-state index in [0.29, 0.717) is 11.6 Å². The first kappa shape index (κ1) is 19.8. The fraction of sp³-hybridized carbons (Fsp3) is 0.545. The number of pyridine rings is 1. The lowest BCUT2D eigenvalue weighted by atomic mass is 9.91. The number of anilines is 2. The van der Waals surface area contributed by atoms with Crippen molar-refractivity contribution in [3.63, 3.8) is 0 Å². The first-order chi connectivity index (χ1) is 13.9. The van der Waals surface area contributed by atoms with Gasteiger partial charge in [0.1, 0.15) is 0 Å². The number of fused-ring (bicyclic) bond motifs is 1. The smallest absolute Gasteiger partial charge is 0.247 e. The lowest BCUT2D eigenvalue weighted by Crippen LogP contribution is -2.49. The van der Waals surface area contributed by atoms with Gasteiger partial charge < -0.3 is 10.1 Å². The Hall–Kier alpha value is -2.54. The lowest BCUT2D eigenvalue weighted by molar-refractivity contribution is -0.118. The van der Waals surface area contributed by atoms with Gasteiger partial charge in [-0.15, -0.1) is 0 Å². The van der Waals surface area contributed by atoms with E-state index in [1.807, 2.05) is 23.2 Å². The largest absolute Gasteiger partial charge is 0.381 e. The minimum Gasteiger partial charge on any atom is -0.381 e. The molecule has 0 radical (unpaired) electrons. The van der Waals surface area contributed by atoms with Crippen molar-refractivity contribution < 1.29 is 9.53 Å². The Morgan fingerprint density at radius 3 is 2.48 bits per heavy atom. The predicted octanol–water partition coefficient (Wildman–Crippen LogP) is 3.55. The summed E-state index contributed by atoms with van der Waals surface area (Å²) in [6, 6.07) is 4.19. The van der Waals surface area contributed by atoms with Crippen LogP contribution in [0.25, 0.3) is 11.3 Å². The summed E-state index contributed by atoms with van der Waals surface area (Å²) in [4.78, 5) is 28.6. The van der Waals surface area contributed by atoms with E-state index >= 15 is 0 Å². The molecule has 4 rings (SSSR count). The highest BCUT2D eigenvalue weighted by molar-refractivity contribution is 6.01. The van der Waals surface area contributed by atoms with Gasteiger partial charge >= 0.3 is 0 Å². The maximum atomic E-state index is 12.8. The Balaban J connectivity index is 1.64. The predicted molar refractivity (Wildman–Crippen MR) is 113 cm³/mol. The normalized spacial score (nSPS) is 22.2. The number of nitrogens with zero attached hydrogens (tertiary/aromatic N) is 4. The van der Waals surface area contributed by atoms with Crippen LogP contribution in [0.15, 0.2) is 24.5 Å². The minimum atomic E-state index is -0.00571. The van der Waals surface area contributed by atoms with Crippen LogP contribution in [-0.4, -0.2) is 46.7 Å². The first-order valence-electron chi connectivity index (χ1n) is 10.3. The second-order valence-corrected chi connectivity index (χ2v) is 8.89. The Bertz CT molecular complexity index is 883. The van der Waals surface area contributed by atoms with Crippen molar-refractivity contribution in [2.75, 3.05) is 23.9 Å². The van der Waals surface area contributed by atoms with Crippen LogP contribution in [0.3, 0.4) is 0 Å². The van der Waals surface area contributed by atoms with Gasteiger partial charge in [0.15, 0.2) is 11.6 Å². The fourth-order valence-corrected chi connectivity index (χ4v) is 4.08. The molecule has 1 aliphatic heterocycles. The number of ether oxygens (including phenoxy) is 1. The van der Waals surface area contributed by atoms with Crippen LogP contribution in [0.4, 0.5) is 11.6 Å². The molecule has 7 nitrogen and oxygen atoms in total. The van der Waals surface area contributed by atoms with E-state index in [2.05, 4.69) is 36.1 Å². The van der Waals surface area contributed by atoms with Gasteiger partial charge in [-0.3, -0.25) is 14.7 Å². The van der Waals surface area contributed by atoms with Crippen LogP contribution < -0.4 is 10.2 Å². The molecule has 154 valence electrons. The summed E-state index contributed by atoms with van der Waals surface area (Å²) in [5, 5.41) is 3.10. The average molecular weight is 396 g/mol. The molecule has 0 aromatic carbocycles. The van der Waals surface area contributed by atoms with Gasteiger partial charge in [0, 0.05) is 36.0 Å². The van der Waals surface area contributed by atoms with E-state index in [4.69, 9.17) is 9.72 Å². The lowest BCUT2D eigenvalue weighted by Gasteiger charge is -2.38. The third-order valence-corrected chi connectivity index (χ3v) is 5.83. The summed E-state index contributed by atoms with van der Waals surface area (Å²) in [6.07, 6.45) is 7.61. The molecule has 0 atom stereocenters. The van der Waals surface area contributed by atoms with E-state index in [-0.39, 0.29) is 30.0 Å². The van der Waals surface area contributed by atoms with E-state index in [9.17, 15) is 4.79 Å². The quantitative estimate of drug-likeness (QED) is 0.856. The molecule has 0 unspecified atom stereocenters. The molecule has 1 aliphatic carbocycles. The van der Waals surface area contributed by atoms with Gasteiger partial charge in [-0.2, -0.15) is 0 Å². The van der Waals surface area contributed by atoms with Crippen molar-refractivity contribution in [1.29, 1.82) is 0 Å². The summed E-state index contributed by atoms with van der Waals surface area (Å²) in [5.74, 6) is 1.34. The fourth-order valence-electron chi connectivity index (χ4n) is 4.08. The molecule has 2 aliphatic rings. The molecule has 0 bridgehead atoms. The van der Waals surface area contributed by atoms with Crippen molar-refractivity contribution >= 4 is 17.5 Å². The third kappa shape index (κ3) is 3.96. The van der Waals surface area contributed by atoms with Gasteiger partial charge in [0.2, 0.25) is 5.91 Å². The van der Waals surface area contributed by atoms with Crippen LogP contribution in [-0.2, 0) is 14.9 Å². The highest BCUT2D eigenvalue weighted by Gasteiger charge is 2.35. The average Bonchev–Trinajstić information content (AvgIpc) is 2.73. The molecule has 1 N–H and O–H groups in total. The molecule has 0 spiro atoms. The number of rotatable bonds is 3. The molecule has 2 aromatic heterocycles. The second kappa shape index (κ2) is 7.71. The number of carbonyl (C=O) groups excluding carboxylic acids is 1. The summed E-state index contributed by atoms with van der Waals surface area (Å²) < 4.78 is 5.48. The summed E-state index contributed by atoms with van der Waals surface area (Å²) in [6.45, 7) is 6.68. The summed E-state index contributed by atoms with van der Waals surface area (Å²) >= 11 is 0. The maximum absolute atomic E-state index is 12.8. The molecule has 0 saturated heterocycles. The number of aromatic nitrogens is 3. The van der Waals surface area contributed by atoms with Crippen molar-refractivity contribution in [3.8, 4) is 11.3 Å². The van der Waals surface area contributed by atoms with Crippen molar-refractivity contribution in [3.05, 3.63) is 30.2 Å². The molecule has 29 heavy (non-hydrogen) atoms. The number of nitrogens with one attached hydrogen (secondary N) is 1. The Morgan fingerprint density at radius 2 is 1.86 bits per heavy atom. The molecule has 3 heterocycles. The number of amides is 1. The van der Waals surface area contributed by atoms with Gasteiger partial charge in [-0.25, -0.2) is 9.97 Å². The Kier molecular flexibility index (Phi) is 5.25. The first-order valence-corrected chi connectivity index (χ1v) is 10.3. The minimum absolute atomic E-state index is 0.00571. The third-order valence-electron chi connectivity index (χ3n) is 5.83. The summed E-state index contributed by atoms with van der Waals surface area (Å²) in [5.41, 5.74) is 2.65. The maximum Gasteiger partial charge on any atom is 0.247 e. The van der Waals surface area contributed by atoms with Crippen molar-refractivity contribution in [2.24, 2.45) is 0 Å². The molecule has 7 heteroatoms. The Morgan fingerprint density at radius 1 is 1.10 bits per heavy atom. The van der Waals surface area contributed by atoms with Gasteiger partial charge in [0.25, 0.3) is 0 Å². The van der Waals surface area contributed by atoms with Gasteiger partial charge in [0.05, 0.1) is 24.5 Å². The zero-order chi connectivity index (χ0) is 20.6. The molecule has 1 amide bonds. The standard InChI is InChI=1S/C22H29N5O2/c1-22(2,3)18-10-5-14(11-23-18)17-12-24-20-21(26-17)27(19(28)13-25-20)15-6-8-16(29-4)9-7-15/h5,10-12,15-16H,6-9,13H2,1-4H3,(H,24,25)/t15-,16-. The molecule has 1 fully saturated rings. The van der Waals surface area contributed by atoms with Crippen LogP contribution in [0.2, 0.25) is 0 Å². The summed E-state index contributed by atoms with van der Waals surface area (Å²) in [7, 11) is 1.76. The van der Waals surface area contributed by atoms with Gasteiger partial charge in [-0.1, -0.05) is 20.8 Å². The second-order valence-electron chi connectivity index (χ2n) is 8.89. The number of hydrogen-bond acceptors (Lipinski definition) is 6. The zero-order valence-corrected chi connectivity index (χ0v) is 17.6. The van der Waals surface area contributed by atoms with Crippen LogP contribution in [0.1, 0.15) is 52.1 Å². The monoisotopic (exact) mass is 395 g/mol. The zero-order valence-electron chi connectivity index (χ0n) is 17.6. The SMILES string of the molecule is CO[C@H]1CC[C@H](N2C(=O)CNc3ncc(-c4ccc(C(C)(C)C)nc4)nc32)CC1. The molecule has 1 saturated carbocycles. The van der Waals surface area contributed by atoms with E-state index in [1.165, 1.54) is 0 Å². The van der Waals surface area contributed by atoms with E-state index in [1.54, 1.807) is 13.3 Å².